The van der Waals surface area contributed by atoms with Crippen molar-refractivity contribution in [2.75, 3.05) is 6.61 Å². The van der Waals surface area contributed by atoms with Crippen molar-refractivity contribution in [2.24, 2.45) is 10.9 Å². The number of hydrogen-bond acceptors (Lipinski definition) is 2. The number of ether oxygens (including phenoxy) is 1. The number of nitrogens with zero attached hydrogens (tertiary/aromatic N) is 1. The molecule has 38 heavy (non-hydrogen) atoms. The first-order chi connectivity index (χ1) is 17.4. The van der Waals surface area contributed by atoms with Crippen LogP contribution in [-0.2, 0) is 28.2 Å². The van der Waals surface area contributed by atoms with Gasteiger partial charge in [-0.3, -0.25) is 0 Å². The number of benzene rings is 3. The summed E-state index contributed by atoms with van der Waals surface area (Å²) in [5.74, 6) is 1.47. The zero-order chi connectivity index (χ0) is 23.7. The van der Waals surface area contributed by atoms with Crippen LogP contribution in [-0.4, -0.2) is 24.2 Å². The van der Waals surface area contributed by atoms with E-state index in [2.05, 4.69) is 103 Å². The molecule has 4 heteroatoms. The van der Waals surface area contributed by atoms with E-state index < -0.39 is 7.92 Å². The Morgan fingerprint density at radius 1 is 0.711 bits per heavy atom. The van der Waals surface area contributed by atoms with E-state index in [-0.39, 0.29) is 38.0 Å². The van der Waals surface area contributed by atoms with Crippen LogP contribution in [0.1, 0.15) is 44.1 Å². The van der Waals surface area contributed by atoms with Gasteiger partial charge in [-0.05, 0) is 68.3 Å². The van der Waals surface area contributed by atoms with Gasteiger partial charge in [-0.25, -0.2) is 4.99 Å². The predicted octanol–water partition coefficient (Wildman–Crippen LogP) is 7.95. The van der Waals surface area contributed by atoms with Gasteiger partial charge in [0.1, 0.15) is 6.61 Å². The summed E-state index contributed by atoms with van der Waals surface area (Å²) >= 11 is 0. The molecular formula is C34H42FeNOP. The molecule has 0 bridgehead atoms. The Morgan fingerprint density at radius 3 is 1.79 bits per heavy atom. The molecule has 2 nitrogen and oxygen atoms in total. The van der Waals surface area contributed by atoms with Crippen molar-refractivity contribution in [1.82, 2.24) is 0 Å². The van der Waals surface area contributed by atoms with Crippen LogP contribution in [0.5, 0.6) is 0 Å². The summed E-state index contributed by atoms with van der Waals surface area (Å²) in [5, 5.41) is 2.94. The molecule has 1 heterocycles. The minimum Gasteiger partial charge on any atom is -0.478 e. The van der Waals surface area contributed by atoms with Crippen molar-refractivity contribution >= 4 is 24.4 Å². The summed E-state index contributed by atoms with van der Waals surface area (Å²) in [4.78, 5) is 5.09. The molecule has 0 radical (unpaired) electrons. The molecule has 3 aromatic rings. The van der Waals surface area contributed by atoms with Gasteiger partial charge in [0.15, 0.2) is 5.90 Å². The van der Waals surface area contributed by atoms with E-state index in [1.165, 1.54) is 54.7 Å². The van der Waals surface area contributed by atoms with Gasteiger partial charge < -0.3 is 19.6 Å². The molecule has 0 amide bonds. The molecule has 0 N–H and O–H groups in total. The molecule has 6 rings (SSSR count). The van der Waals surface area contributed by atoms with Gasteiger partial charge in [0, 0.05) is 5.92 Å². The Morgan fingerprint density at radius 2 is 1.26 bits per heavy atom. The van der Waals surface area contributed by atoms with E-state index in [0.717, 1.165) is 18.9 Å². The van der Waals surface area contributed by atoms with E-state index >= 15 is 0 Å². The number of rotatable bonds is 6. The largest absolute Gasteiger partial charge is 2.00 e. The van der Waals surface area contributed by atoms with Crippen LogP contribution < -0.4 is 10.6 Å². The van der Waals surface area contributed by atoms with E-state index in [0.29, 0.717) is 11.6 Å². The Balaban J connectivity index is 0.000000572. The average molecular weight is 568 g/mol. The average Bonchev–Trinajstić information content (AvgIpc) is 3.71. The molecule has 3 aromatic carbocycles. The molecule has 3 atom stereocenters. The fourth-order valence-corrected chi connectivity index (χ4v) is 8.59. The predicted molar refractivity (Wildman–Crippen MR) is 163 cm³/mol. The quantitative estimate of drug-likeness (QED) is 0.128. The van der Waals surface area contributed by atoms with E-state index in [1.54, 1.807) is 0 Å². The van der Waals surface area contributed by atoms with E-state index in [1.807, 2.05) is 0 Å². The van der Waals surface area contributed by atoms with Gasteiger partial charge in [-0.1, -0.05) is 110 Å². The summed E-state index contributed by atoms with van der Waals surface area (Å²) in [7, 11) is -0.431. The monoisotopic (exact) mass is 567 g/mol. The van der Waals surface area contributed by atoms with Crippen LogP contribution in [0.25, 0.3) is 0 Å². The molecule has 0 aromatic heterocycles. The van der Waals surface area contributed by atoms with Crippen molar-refractivity contribution in [3.05, 3.63) is 124 Å². The molecule has 2 unspecified atom stereocenters. The number of aliphatic imine (C=N–C) groups is 1. The third-order valence-electron chi connectivity index (χ3n) is 7.15. The standard InChI is InChI=1S/C27H28NOP.C5H8.2CH3.Fe/c1-4-11-21(12-5-1)19-22-20-29-27(28-22)25-17-10-18-26(25)30(23-13-6-2-7-14-23)24-15-8-3-9-16-24;1-2-4-5-3-1;;;/h1-9,11-16,22,25-26H,10,17-20H2;1-2H,3-5H2;2*1H3;/q;;2*-1;+2/t22-,25?,26?;;;;/m0..../s1. The summed E-state index contributed by atoms with van der Waals surface area (Å²) in [6.07, 6.45) is 13.2. The first-order valence-corrected chi connectivity index (χ1v) is 14.6. The fourth-order valence-electron chi connectivity index (χ4n) is 5.47. The Bertz CT molecular complexity index is 1060. The zero-order valence-corrected chi connectivity index (χ0v) is 24.9. The van der Waals surface area contributed by atoms with Gasteiger partial charge in [0.05, 0.1) is 6.04 Å². The second-order valence-corrected chi connectivity index (χ2v) is 12.1. The third kappa shape index (κ3) is 8.41. The van der Waals surface area contributed by atoms with Crippen LogP contribution >= 0.6 is 7.92 Å². The van der Waals surface area contributed by atoms with Gasteiger partial charge in [0.2, 0.25) is 0 Å². The van der Waals surface area contributed by atoms with Gasteiger partial charge in [0.25, 0.3) is 0 Å². The molecule has 0 spiro atoms. The summed E-state index contributed by atoms with van der Waals surface area (Å²) < 4.78 is 6.23. The Kier molecular flexibility index (Phi) is 14.1. The molecular weight excluding hydrogens is 525 g/mol. The molecule has 2 aliphatic carbocycles. The summed E-state index contributed by atoms with van der Waals surface area (Å²) in [5.41, 5.74) is 1.94. The van der Waals surface area contributed by atoms with Crippen LogP contribution in [0.15, 0.2) is 108 Å². The van der Waals surface area contributed by atoms with E-state index in [9.17, 15) is 0 Å². The number of allylic oxidation sites excluding steroid dienone is 2. The second-order valence-electron chi connectivity index (χ2n) is 9.67. The molecule has 1 saturated carbocycles. The SMILES string of the molecule is C1=CCCC1.[CH3-].[CH3-].[Fe+2].c1ccc(C[C@H]2COC(C3CCCC3P(c3ccccc3)c3ccccc3)=N2)cc1. The van der Waals surface area contributed by atoms with Crippen LogP contribution in [0, 0.1) is 20.8 Å². The maximum absolute atomic E-state index is 6.23. The smallest absolute Gasteiger partial charge is 0.478 e. The zero-order valence-electron chi connectivity index (χ0n) is 22.9. The third-order valence-corrected chi connectivity index (χ3v) is 10.1. The topological polar surface area (TPSA) is 21.6 Å². The van der Waals surface area contributed by atoms with Crippen molar-refractivity contribution in [2.45, 2.75) is 56.6 Å². The van der Waals surface area contributed by atoms with E-state index in [4.69, 9.17) is 9.73 Å². The Hall–Kier alpha value is -2.18. The first kappa shape index (κ1) is 32.0. The van der Waals surface area contributed by atoms with Gasteiger partial charge in [-0.15, -0.1) is 0 Å². The van der Waals surface area contributed by atoms with Crippen molar-refractivity contribution in [3.63, 3.8) is 0 Å². The molecule has 0 saturated heterocycles. The second kappa shape index (κ2) is 16.7. The van der Waals surface area contributed by atoms with Crippen molar-refractivity contribution in [1.29, 1.82) is 0 Å². The number of hydrogen-bond donors (Lipinski definition) is 0. The van der Waals surface area contributed by atoms with Crippen LogP contribution in [0.2, 0.25) is 0 Å². The molecule has 3 aliphatic rings. The maximum Gasteiger partial charge on any atom is 2.00 e. The van der Waals surface area contributed by atoms with Crippen LogP contribution in [0.4, 0.5) is 0 Å². The molecule has 1 fully saturated rings. The minimum absolute atomic E-state index is 0. The summed E-state index contributed by atoms with van der Waals surface area (Å²) in [6.45, 7) is 0.724. The first-order valence-electron chi connectivity index (χ1n) is 13.2. The van der Waals surface area contributed by atoms with Gasteiger partial charge >= 0.3 is 17.1 Å². The van der Waals surface area contributed by atoms with Crippen molar-refractivity contribution in [3.8, 4) is 0 Å². The molecule has 1 aliphatic heterocycles. The van der Waals surface area contributed by atoms with Crippen LogP contribution in [0.3, 0.4) is 0 Å². The Labute approximate surface area is 243 Å². The van der Waals surface area contributed by atoms with Gasteiger partial charge in [-0.2, -0.15) is 0 Å². The minimum atomic E-state index is -0.431. The maximum atomic E-state index is 6.23. The normalized spacial score (nSPS) is 21.2. The summed E-state index contributed by atoms with van der Waals surface area (Å²) in [6, 6.07) is 33.1. The molecule has 202 valence electrons. The van der Waals surface area contributed by atoms with Crippen molar-refractivity contribution < 1.29 is 21.8 Å². The fraction of sp³-hybridized carbons (Fsp3) is 0.324.